The van der Waals surface area contributed by atoms with Gasteiger partial charge in [-0.3, -0.25) is 4.79 Å². The second-order valence-electron chi connectivity index (χ2n) is 2.56. The third-order valence-corrected chi connectivity index (χ3v) is 1.36. The van der Waals surface area contributed by atoms with Gasteiger partial charge in [0.2, 0.25) is 0 Å². The van der Waals surface area contributed by atoms with Crippen LogP contribution in [-0.2, 0) is 4.79 Å². The van der Waals surface area contributed by atoms with E-state index in [1.165, 1.54) is 7.05 Å². The standard InChI is InChI=1S/C7H13NO3/c1-8(11)6-4-2-3-5-7(9)10/h2-6H2,1H3/p+1. The van der Waals surface area contributed by atoms with Gasteiger partial charge in [-0.1, -0.05) is 0 Å². The van der Waals surface area contributed by atoms with Crippen molar-refractivity contribution < 1.29 is 14.7 Å². The van der Waals surface area contributed by atoms with Gasteiger partial charge >= 0.3 is 5.97 Å². The Labute approximate surface area is 65.8 Å². The molecule has 0 aromatic heterocycles. The molecule has 0 amide bonds. The summed E-state index contributed by atoms with van der Waals surface area (Å²) >= 11 is 0. The molecule has 0 atom stereocenters. The molecule has 64 valence electrons. The van der Waals surface area contributed by atoms with Gasteiger partial charge in [-0.25, -0.2) is 0 Å². The zero-order valence-corrected chi connectivity index (χ0v) is 6.75. The van der Waals surface area contributed by atoms with Crippen molar-refractivity contribution >= 4 is 5.97 Å². The summed E-state index contributed by atoms with van der Waals surface area (Å²) < 4.78 is 0.862. The van der Waals surface area contributed by atoms with Crippen LogP contribution in [0.4, 0.5) is 0 Å². The fourth-order valence-corrected chi connectivity index (χ4v) is 0.787. The first-order valence-electron chi connectivity index (χ1n) is 3.73. The largest absolute Gasteiger partial charge is 0.481 e. The Morgan fingerprint density at radius 2 is 2.00 bits per heavy atom. The summed E-state index contributed by atoms with van der Waals surface area (Å²) in [5.74, 6) is -0.763. The van der Waals surface area contributed by atoms with E-state index in [-0.39, 0.29) is 6.42 Å². The average Bonchev–Trinajstić information content (AvgIpc) is 1.85. The number of unbranched alkanes of at least 4 members (excludes halogenated alkanes) is 2. The summed E-state index contributed by atoms with van der Waals surface area (Å²) in [7, 11) is 1.47. The minimum atomic E-state index is -0.763. The third kappa shape index (κ3) is 9.07. The Balaban J connectivity index is 3.03. The third-order valence-electron chi connectivity index (χ3n) is 1.36. The highest BCUT2D eigenvalue weighted by molar-refractivity contribution is 5.66. The van der Waals surface area contributed by atoms with Crippen molar-refractivity contribution in [3.8, 4) is 0 Å². The highest BCUT2D eigenvalue weighted by Gasteiger charge is 2.00. The van der Waals surface area contributed by atoms with E-state index >= 15 is 0 Å². The van der Waals surface area contributed by atoms with Crippen LogP contribution in [0.5, 0.6) is 0 Å². The van der Waals surface area contributed by atoms with Crippen LogP contribution in [-0.4, -0.2) is 29.4 Å². The summed E-state index contributed by atoms with van der Waals surface area (Å²) in [6.45, 7) is 0.500. The van der Waals surface area contributed by atoms with Gasteiger partial charge in [0.25, 0.3) is 0 Å². The number of hydrogen-bond acceptors (Lipinski definition) is 2. The van der Waals surface area contributed by atoms with Crippen molar-refractivity contribution in [3.63, 3.8) is 0 Å². The molecule has 0 heterocycles. The number of carbonyl (C=O) groups is 1. The first-order valence-corrected chi connectivity index (χ1v) is 3.73. The van der Waals surface area contributed by atoms with Crippen molar-refractivity contribution in [1.29, 1.82) is 0 Å². The second-order valence-corrected chi connectivity index (χ2v) is 2.56. The van der Waals surface area contributed by atoms with Gasteiger partial charge < -0.3 is 5.11 Å². The molecule has 0 rings (SSSR count). The van der Waals surface area contributed by atoms with Gasteiger partial charge in [0.15, 0.2) is 13.6 Å². The van der Waals surface area contributed by atoms with E-state index in [0.29, 0.717) is 13.0 Å². The van der Waals surface area contributed by atoms with Crippen molar-refractivity contribution in [2.45, 2.75) is 25.7 Å². The van der Waals surface area contributed by atoms with Crippen LogP contribution in [0.3, 0.4) is 0 Å². The van der Waals surface area contributed by atoms with Crippen LogP contribution in [0.25, 0.3) is 0 Å². The predicted molar refractivity (Wildman–Crippen MR) is 40.5 cm³/mol. The van der Waals surface area contributed by atoms with Crippen molar-refractivity contribution in [2.24, 2.45) is 0 Å². The average molecular weight is 160 g/mol. The number of hydrogen-bond donors (Lipinski definition) is 1. The lowest BCUT2D eigenvalue weighted by atomic mass is 10.2. The highest BCUT2D eigenvalue weighted by Crippen LogP contribution is 1.98. The molecule has 0 aromatic rings. The van der Waals surface area contributed by atoms with E-state index in [9.17, 15) is 9.70 Å². The Kier molecular flexibility index (Phi) is 5.33. The summed E-state index contributed by atoms with van der Waals surface area (Å²) in [6.07, 6.45) is 2.48. The lowest BCUT2D eigenvalue weighted by molar-refractivity contribution is -0.519. The van der Waals surface area contributed by atoms with Gasteiger partial charge in [-0.2, -0.15) is 0 Å². The maximum atomic E-state index is 10.3. The van der Waals surface area contributed by atoms with Crippen LogP contribution in [0.1, 0.15) is 25.7 Å². The topological polar surface area (TPSA) is 57.4 Å². The minimum absolute atomic E-state index is 0.211. The second kappa shape index (κ2) is 5.82. The maximum Gasteiger partial charge on any atom is 0.303 e. The first-order chi connectivity index (χ1) is 5.13. The molecule has 0 aliphatic carbocycles. The number of carboxylic acids is 1. The molecule has 0 saturated carbocycles. The molecule has 0 radical (unpaired) electrons. The molecule has 0 saturated heterocycles. The minimum Gasteiger partial charge on any atom is -0.481 e. The van der Waals surface area contributed by atoms with E-state index in [0.717, 1.165) is 17.6 Å². The number of aliphatic carboxylic acids is 1. The van der Waals surface area contributed by atoms with Gasteiger partial charge in [0.1, 0.15) is 0 Å². The normalized spacial score (nSPS) is 9.55. The number of rotatable bonds is 6. The molecule has 0 aromatic carbocycles. The van der Waals surface area contributed by atoms with Gasteiger partial charge in [0.05, 0.1) is 0 Å². The van der Waals surface area contributed by atoms with E-state index in [1.54, 1.807) is 0 Å². The van der Waals surface area contributed by atoms with Gasteiger partial charge in [-0.05, 0) is 17.6 Å². The Morgan fingerprint density at radius 1 is 1.36 bits per heavy atom. The molecule has 0 aliphatic rings. The van der Waals surface area contributed by atoms with Gasteiger partial charge in [0, 0.05) is 17.7 Å². The highest BCUT2D eigenvalue weighted by atomic mass is 16.4. The number of nitroso groups, excluding NO2 is 1. The van der Waals surface area contributed by atoms with Crippen molar-refractivity contribution in [3.05, 3.63) is 4.91 Å². The van der Waals surface area contributed by atoms with E-state index in [1.807, 2.05) is 0 Å². The van der Waals surface area contributed by atoms with Crippen molar-refractivity contribution in [2.75, 3.05) is 13.6 Å². The van der Waals surface area contributed by atoms with Crippen LogP contribution < -0.4 is 0 Å². The smallest absolute Gasteiger partial charge is 0.303 e. The molecule has 0 spiro atoms. The molecular formula is C7H14NO3+. The van der Waals surface area contributed by atoms with E-state index < -0.39 is 5.97 Å². The van der Waals surface area contributed by atoms with Crippen molar-refractivity contribution in [1.82, 2.24) is 0 Å². The fourth-order valence-electron chi connectivity index (χ4n) is 0.787. The van der Waals surface area contributed by atoms with Crippen LogP contribution in [0, 0.1) is 4.91 Å². The Hall–Kier alpha value is -0.930. The molecule has 4 heteroatoms. The molecule has 4 nitrogen and oxygen atoms in total. The molecule has 1 N–H and O–H groups in total. The summed E-state index contributed by atoms with van der Waals surface area (Å²) in [5.41, 5.74) is 0. The van der Waals surface area contributed by atoms with Gasteiger partial charge in [-0.15, -0.1) is 0 Å². The summed E-state index contributed by atoms with van der Waals surface area (Å²) in [4.78, 5) is 20.4. The molecule has 0 unspecified atom stereocenters. The molecule has 0 fully saturated rings. The molecule has 0 aliphatic heterocycles. The lowest BCUT2D eigenvalue weighted by Gasteiger charge is -1.92. The monoisotopic (exact) mass is 160 g/mol. The predicted octanol–water partition coefficient (Wildman–Crippen LogP) is 1.04. The first kappa shape index (κ1) is 10.1. The fraction of sp³-hybridized carbons (Fsp3) is 0.857. The van der Waals surface area contributed by atoms with Crippen LogP contribution in [0.15, 0.2) is 0 Å². The zero-order chi connectivity index (χ0) is 8.69. The summed E-state index contributed by atoms with van der Waals surface area (Å²) in [5, 5.41) is 8.25. The zero-order valence-electron chi connectivity index (χ0n) is 6.75. The van der Waals surface area contributed by atoms with Crippen LogP contribution in [0.2, 0.25) is 0 Å². The SMILES string of the molecule is C[N+](=O)CCCCCC(=O)O. The van der Waals surface area contributed by atoms with Crippen LogP contribution >= 0.6 is 0 Å². The molecular weight excluding hydrogens is 146 g/mol. The molecule has 0 bridgehead atoms. The summed E-state index contributed by atoms with van der Waals surface area (Å²) in [6, 6.07) is 0. The van der Waals surface area contributed by atoms with E-state index in [2.05, 4.69) is 0 Å². The number of nitrogens with zero attached hydrogens (tertiary/aromatic N) is 1. The Morgan fingerprint density at radius 3 is 2.45 bits per heavy atom. The maximum absolute atomic E-state index is 10.3. The molecule has 11 heavy (non-hydrogen) atoms. The Bertz CT molecular complexity index is 129. The van der Waals surface area contributed by atoms with E-state index in [4.69, 9.17) is 5.11 Å². The number of carboxylic acid groups (broad SMARTS) is 1. The lowest BCUT2D eigenvalue weighted by Crippen LogP contribution is -2.02. The quantitative estimate of drug-likeness (QED) is 0.466.